The lowest BCUT2D eigenvalue weighted by atomic mass is 10.2. The molecular weight excluding hydrogens is 458 g/mol. The Morgan fingerprint density at radius 2 is 1.70 bits per heavy atom. The van der Waals surface area contributed by atoms with E-state index in [2.05, 4.69) is 11.9 Å². The van der Waals surface area contributed by atoms with Gasteiger partial charge in [-0.15, -0.1) is 0 Å². The molecule has 0 aliphatic heterocycles. The number of ether oxygens (including phenoxy) is 1. The zero-order valence-corrected chi connectivity index (χ0v) is 21.2. The van der Waals surface area contributed by atoms with Gasteiger partial charge < -0.3 is 9.30 Å². The lowest BCUT2D eigenvalue weighted by Crippen LogP contribution is -2.32. The molecule has 1 aromatic heterocycles. The zero-order chi connectivity index (χ0) is 24.0. The highest BCUT2D eigenvalue weighted by Crippen LogP contribution is 2.23. The van der Waals surface area contributed by atoms with Gasteiger partial charge in [-0.2, -0.15) is 9.30 Å². The van der Waals surface area contributed by atoms with Crippen LogP contribution >= 0.6 is 11.3 Å². The fourth-order valence-corrected chi connectivity index (χ4v) is 6.28. The van der Waals surface area contributed by atoms with Crippen molar-refractivity contribution >= 4 is 37.5 Å². The van der Waals surface area contributed by atoms with Gasteiger partial charge in [0.15, 0.2) is 4.80 Å². The predicted octanol–water partition coefficient (Wildman–Crippen LogP) is 4.67. The first-order chi connectivity index (χ1) is 15.8. The quantitative estimate of drug-likeness (QED) is 0.414. The number of methoxy groups -OCH3 is 1. The van der Waals surface area contributed by atoms with E-state index in [0.29, 0.717) is 23.5 Å². The van der Waals surface area contributed by atoms with Crippen LogP contribution in [0.2, 0.25) is 0 Å². The molecule has 33 heavy (non-hydrogen) atoms. The molecule has 1 heterocycles. The molecule has 0 aliphatic carbocycles. The smallest absolute Gasteiger partial charge is 0.279 e. The Labute approximate surface area is 199 Å². The molecule has 0 unspecified atom stereocenters. The Morgan fingerprint density at radius 3 is 2.27 bits per heavy atom. The third kappa shape index (κ3) is 5.54. The summed E-state index contributed by atoms with van der Waals surface area (Å²) in [6, 6.07) is 11.9. The van der Waals surface area contributed by atoms with Crippen molar-refractivity contribution < 1.29 is 17.9 Å². The number of carbonyl (C=O) groups is 1. The van der Waals surface area contributed by atoms with Gasteiger partial charge in [0.05, 0.1) is 22.2 Å². The lowest BCUT2D eigenvalue weighted by Gasteiger charge is -2.21. The number of rotatable bonds is 10. The molecule has 0 saturated carbocycles. The van der Waals surface area contributed by atoms with Crippen LogP contribution < -0.4 is 9.54 Å². The van der Waals surface area contributed by atoms with Crippen LogP contribution in [0.5, 0.6) is 5.75 Å². The van der Waals surface area contributed by atoms with Crippen LogP contribution in [0.3, 0.4) is 0 Å². The highest BCUT2D eigenvalue weighted by Gasteiger charge is 2.23. The summed E-state index contributed by atoms with van der Waals surface area (Å²) in [5.41, 5.74) is 1.32. The molecule has 0 atom stereocenters. The van der Waals surface area contributed by atoms with Gasteiger partial charge in [-0.05, 0) is 55.7 Å². The number of thiazole rings is 1. The zero-order valence-electron chi connectivity index (χ0n) is 19.6. The van der Waals surface area contributed by atoms with E-state index in [1.54, 1.807) is 7.11 Å². The minimum atomic E-state index is -3.59. The van der Waals surface area contributed by atoms with E-state index in [9.17, 15) is 13.2 Å². The molecule has 3 aromatic rings. The molecule has 0 fully saturated rings. The molecule has 0 bridgehead atoms. The molecular formula is C24H31N3O4S2. The monoisotopic (exact) mass is 489 g/mol. The predicted molar refractivity (Wildman–Crippen MR) is 132 cm³/mol. The van der Waals surface area contributed by atoms with Crippen LogP contribution in [-0.4, -0.2) is 43.4 Å². The Kier molecular flexibility index (Phi) is 8.45. The number of carbonyl (C=O) groups excluding carboxylic acids is 1. The fraction of sp³-hybridized carbons (Fsp3) is 0.417. The second kappa shape index (κ2) is 11.1. The van der Waals surface area contributed by atoms with Gasteiger partial charge >= 0.3 is 0 Å². The Balaban J connectivity index is 1.95. The Bertz CT molecular complexity index is 1270. The maximum absolute atomic E-state index is 13.0. The molecule has 0 saturated heterocycles. The number of aryl methyl sites for hydroxylation is 1. The standard InChI is InChI=1S/C24H31N3O4S2/c1-5-14-26(15-6-2)33(29,30)20-11-8-18(9-12-20)23(28)25-24-27(16-7-3)21-17-19(31-4)10-13-22(21)32-24/h8-13,17H,5-7,14-16H2,1-4H3. The van der Waals surface area contributed by atoms with Crippen molar-refractivity contribution in [2.24, 2.45) is 4.99 Å². The summed E-state index contributed by atoms with van der Waals surface area (Å²) >= 11 is 1.45. The van der Waals surface area contributed by atoms with Crippen molar-refractivity contribution in [1.29, 1.82) is 0 Å². The maximum Gasteiger partial charge on any atom is 0.279 e. The average molecular weight is 490 g/mol. The molecule has 0 spiro atoms. The molecule has 0 aliphatic rings. The largest absolute Gasteiger partial charge is 0.497 e. The second-order valence-corrected chi connectivity index (χ2v) is 10.7. The summed E-state index contributed by atoms with van der Waals surface area (Å²) in [6.45, 7) is 7.65. The minimum absolute atomic E-state index is 0.191. The van der Waals surface area contributed by atoms with Crippen LogP contribution in [0.15, 0.2) is 52.4 Å². The SMILES string of the molecule is CCCN(CCC)S(=O)(=O)c1ccc(C(=O)N=c2sc3ccc(OC)cc3n2CCC)cc1. The number of sulfonamides is 1. The van der Waals surface area contributed by atoms with E-state index < -0.39 is 15.9 Å². The third-order valence-electron chi connectivity index (χ3n) is 5.22. The van der Waals surface area contributed by atoms with E-state index in [1.807, 2.05) is 36.6 Å². The first-order valence-electron chi connectivity index (χ1n) is 11.2. The maximum atomic E-state index is 13.0. The van der Waals surface area contributed by atoms with Crippen LogP contribution in [0, 0.1) is 0 Å². The van der Waals surface area contributed by atoms with Gasteiger partial charge in [-0.1, -0.05) is 32.1 Å². The number of fused-ring (bicyclic) bond motifs is 1. The lowest BCUT2D eigenvalue weighted by molar-refractivity contribution is 0.0997. The molecule has 0 radical (unpaired) electrons. The fourth-order valence-electron chi connectivity index (χ4n) is 3.62. The van der Waals surface area contributed by atoms with Gasteiger partial charge in [0.25, 0.3) is 5.91 Å². The van der Waals surface area contributed by atoms with Crippen LogP contribution in [0.4, 0.5) is 0 Å². The minimum Gasteiger partial charge on any atom is -0.497 e. The van der Waals surface area contributed by atoms with Gasteiger partial charge in [0, 0.05) is 31.3 Å². The number of hydrogen-bond acceptors (Lipinski definition) is 5. The van der Waals surface area contributed by atoms with Crippen molar-refractivity contribution in [3.05, 3.63) is 52.8 Å². The highest BCUT2D eigenvalue weighted by molar-refractivity contribution is 7.89. The van der Waals surface area contributed by atoms with E-state index in [1.165, 1.54) is 39.9 Å². The number of benzene rings is 2. The average Bonchev–Trinajstić information content (AvgIpc) is 3.15. The number of hydrogen-bond donors (Lipinski definition) is 0. The van der Waals surface area contributed by atoms with Crippen molar-refractivity contribution in [1.82, 2.24) is 8.87 Å². The third-order valence-corrected chi connectivity index (χ3v) is 8.19. The van der Waals surface area contributed by atoms with Crippen LogP contribution in [0.1, 0.15) is 50.4 Å². The van der Waals surface area contributed by atoms with Gasteiger partial charge in [-0.3, -0.25) is 4.79 Å². The van der Waals surface area contributed by atoms with Gasteiger partial charge in [0.2, 0.25) is 10.0 Å². The molecule has 0 N–H and O–H groups in total. The van der Waals surface area contributed by atoms with E-state index in [0.717, 1.165) is 41.8 Å². The van der Waals surface area contributed by atoms with Crippen LogP contribution in [-0.2, 0) is 16.6 Å². The van der Waals surface area contributed by atoms with Crippen molar-refractivity contribution in [3.63, 3.8) is 0 Å². The number of amides is 1. The second-order valence-electron chi connectivity index (χ2n) is 7.72. The van der Waals surface area contributed by atoms with E-state index in [-0.39, 0.29) is 4.90 Å². The van der Waals surface area contributed by atoms with Crippen molar-refractivity contribution in [3.8, 4) is 5.75 Å². The summed E-state index contributed by atoms with van der Waals surface area (Å²) in [4.78, 5) is 18.1. The number of aromatic nitrogens is 1. The van der Waals surface area contributed by atoms with E-state index >= 15 is 0 Å². The Morgan fingerprint density at radius 1 is 1.03 bits per heavy atom. The van der Waals surface area contributed by atoms with Crippen molar-refractivity contribution in [2.75, 3.05) is 20.2 Å². The summed E-state index contributed by atoms with van der Waals surface area (Å²) in [5, 5.41) is 0. The topological polar surface area (TPSA) is 81.0 Å². The summed E-state index contributed by atoms with van der Waals surface area (Å²) in [7, 11) is -1.96. The van der Waals surface area contributed by atoms with Gasteiger partial charge in [-0.25, -0.2) is 8.42 Å². The molecule has 1 amide bonds. The molecule has 3 rings (SSSR count). The number of nitrogens with zero attached hydrogens (tertiary/aromatic N) is 3. The molecule has 7 nitrogen and oxygen atoms in total. The summed E-state index contributed by atoms with van der Waals surface area (Å²) in [6.07, 6.45) is 2.38. The van der Waals surface area contributed by atoms with E-state index in [4.69, 9.17) is 4.74 Å². The normalized spacial score (nSPS) is 12.6. The molecule has 9 heteroatoms. The van der Waals surface area contributed by atoms with Crippen molar-refractivity contribution in [2.45, 2.75) is 51.5 Å². The summed E-state index contributed by atoms with van der Waals surface area (Å²) < 4.78 is 35.8. The van der Waals surface area contributed by atoms with Crippen LogP contribution in [0.25, 0.3) is 10.2 Å². The Hall–Kier alpha value is -2.49. The van der Waals surface area contributed by atoms with Gasteiger partial charge in [0.1, 0.15) is 5.75 Å². The summed E-state index contributed by atoms with van der Waals surface area (Å²) in [5.74, 6) is 0.348. The molecule has 178 valence electrons. The highest BCUT2D eigenvalue weighted by atomic mass is 32.2. The first-order valence-corrected chi connectivity index (χ1v) is 13.5. The molecule has 2 aromatic carbocycles. The first kappa shape index (κ1) is 25.1.